The lowest BCUT2D eigenvalue weighted by molar-refractivity contribution is -0.166. The van der Waals surface area contributed by atoms with Crippen molar-refractivity contribution in [1.29, 1.82) is 0 Å². The second-order valence-corrected chi connectivity index (χ2v) is 3.95. The summed E-state index contributed by atoms with van der Waals surface area (Å²) in [6, 6.07) is 5.39. The molecule has 0 aliphatic carbocycles. The summed E-state index contributed by atoms with van der Waals surface area (Å²) in [7, 11) is 1.27. The number of ether oxygens (including phenoxy) is 2. The maximum atomic E-state index is 11.6. The van der Waals surface area contributed by atoms with Gasteiger partial charge in [-0.3, -0.25) is 0 Å². The molecule has 1 aliphatic heterocycles. The molecule has 0 bridgehead atoms. The Morgan fingerprint density at radius 2 is 2.31 bits per heavy atom. The molecule has 0 radical (unpaired) electrons. The standard InChI is InChI=1S/C12H14O4/c1-8-3-4-10-9(7-8)12(14,5-6-16-10)11(13)15-2/h3-4,7,14H,5-6H2,1-2H3. The van der Waals surface area contributed by atoms with Crippen LogP contribution in [0.25, 0.3) is 0 Å². The van der Waals surface area contributed by atoms with E-state index in [1.807, 2.05) is 13.0 Å². The molecular formula is C12H14O4. The highest BCUT2D eigenvalue weighted by atomic mass is 16.5. The third-order valence-electron chi connectivity index (χ3n) is 2.83. The molecule has 1 atom stereocenters. The van der Waals surface area contributed by atoms with Gasteiger partial charge in [-0.15, -0.1) is 0 Å². The molecule has 0 aromatic heterocycles. The van der Waals surface area contributed by atoms with Crippen LogP contribution in [-0.2, 0) is 15.1 Å². The van der Waals surface area contributed by atoms with Gasteiger partial charge in [-0.05, 0) is 19.1 Å². The maximum absolute atomic E-state index is 11.6. The Labute approximate surface area is 93.8 Å². The lowest BCUT2D eigenvalue weighted by atomic mass is 9.87. The number of aryl methyl sites for hydroxylation is 1. The number of hydrogen-bond acceptors (Lipinski definition) is 4. The predicted molar refractivity (Wildman–Crippen MR) is 57.2 cm³/mol. The highest BCUT2D eigenvalue weighted by Crippen LogP contribution is 2.38. The first-order valence-electron chi connectivity index (χ1n) is 5.12. The molecule has 0 spiro atoms. The van der Waals surface area contributed by atoms with Crippen LogP contribution in [0.1, 0.15) is 17.5 Å². The van der Waals surface area contributed by atoms with E-state index in [-0.39, 0.29) is 6.42 Å². The summed E-state index contributed by atoms with van der Waals surface area (Å²) in [5.41, 5.74) is -0.119. The van der Waals surface area contributed by atoms with E-state index in [1.54, 1.807) is 12.1 Å². The molecular weight excluding hydrogens is 208 g/mol. The summed E-state index contributed by atoms with van der Waals surface area (Å²) in [5, 5.41) is 10.4. The van der Waals surface area contributed by atoms with E-state index in [9.17, 15) is 9.90 Å². The average Bonchev–Trinajstić information content (AvgIpc) is 2.29. The molecule has 1 aromatic carbocycles. The van der Waals surface area contributed by atoms with Gasteiger partial charge in [-0.2, -0.15) is 0 Å². The monoisotopic (exact) mass is 222 g/mol. The average molecular weight is 222 g/mol. The third kappa shape index (κ3) is 1.55. The zero-order chi connectivity index (χ0) is 11.8. The summed E-state index contributed by atoms with van der Waals surface area (Å²) in [6.45, 7) is 2.20. The number of benzene rings is 1. The highest BCUT2D eigenvalue weighted by Gasteiger charge is 2.43. The molecule has 1 heterocycles. The van der Waals surface area contributed by atoms with Crippen LogP contribution in [-0.4, -0.2) is 24.8 Å². The Balaban J connectivity index is 2.54. The zero-order valence-electron chi connectivity index (χ0n) is 9.32. The molecule has 4 nitrogen and oxygen atoms in total. The van der Waals surface area contributed by atoms with E-state index in [1.165, 1.54) is 7.11 Å². The van der Waals surface area contributed by atoms with Crippen molar-refractivity contribution >= 4 is 5.97 Å². The lowest BCUT2D eigenvalue weighted by Gasteiger charge is -2.31. The van der Waals surface area contributed by atoms with Crippen molar-refractivity contribution in [3.05, 3.63) is 29.3 Å². The Bertz CT molecular complexity index is 427. The molecule has 86 valence electrons. The van der Waals surface area contributed by atoms with Crippen molar-refractivity contribution < 1.29 is 19.4 Å². The molecule has 1 aromatic rings. The van der Waals surface area contributed by atoms with Gasteiger partial charge in [-0.25, -0.2) is 4.79 Å². The van der Waals surface area contributed by atoms with Crippen LogP contribution in [0.15, 0.2) is 18.2 Å². The van der Waals surface area contributed by atoms with E-state index >= 15 is 0 Å². The number of hydrogen-bond donors (Lipinski definition) is 1. The minimum atomic E-state index is -1.58. The van der Waals surface area contributed by atoms with Gasteiger partial charge in [0, 0.05) is 12.0 Å². The van der Waals surface area contributed by atoms with Crippen LogP contribution in [0, 0.1) is 6.92 Å². The number of fused-ring (bicyclic) bond motifs is 1. The number of aliphatic hydroxyl groups is 1. The normalized spacial score (nSPS) is 23.2. The van der Waals surface area contributed by atoms with Crippen molar-refractivity contribution in [3.8, 4) is 5.75 Å². The Kier molecular flexibility index (Phi) is 2.59. The molecule has 0 amide bonds. The van der Waals surface area contributed by atoms with E-state index < -0.39 is 11.6 Å². The predicted octanol–water partition coefficient (Wildman–Crippen LogP) is 1.14. The van der Waals surface area contributed by atoms with Gasteiger partial charge in [0.25, 0.3) is 0 Å². The fraction of sp³-hybridized carbons (Fsp3) is 0.417. The molecule has 2 rings (SSSR count). The van der Waals surface area contributed by atoms with Crippen LogP contribution in [0.5, 0.6) is 5.75 Å². The van der Waals surface area contributed by atoms with Gasteiger partial charge in [0.2, 0.25) is 0 Å². The quantitative estimate of drug-likeness (QED) is 0.724. The zero-order valence-corrected chi connectivity index (χ0v) is 9.32. The Morgan fingerprint density at radius 1 is 1.56 bits per heavy atom. The summed E-state index contributed by atoms with van der Waals surface area (Å²) < 4.78 is 10.0. The first kappa shape index (κ1) is 11.0. The minimum Gasteiger partial charge on any atom is -0.493 e. The molecule has 1 N–H and O–H groups in total. The highest BCUT2D eigenvalue weighted by molar-refractivity contribution is 5.82. The molecule has 4 heteroatoms. The van der Waals surface area contributed by atoms with E-state index in [4.69, 9.17) is 4.74 Å². The summed E-state index contributed by atoms with van der Waals surface area (Å²) in [6.07, 6.45) is 0.218. The fourth-order valence-electron chi connectivity index (χ4n) is 1.92. The molecule has 0 saturated heterocycles. The van der Waals surface area contributed by atoms with Gasteiger partial charge in [-0.1, -0.05) is 11.6 Å². The fourth-order valence-corrected chi connectivity index (χ4v) is 1.92. The number of carbonyl (C=O) groups is 1. The first-order chi connectivity index (χ1) is 7.58. The summed E-state index contributed by atoms with van der Waals surface area (Å²) >= 11 is 0. The van der Waals surface area contributed by atoms with Crippen molar-refractivity contribution in [3.63, 3.8) is 0 Å². The van der Waals surface area contributed by atoms with Gasteiger partial charge >= 0.3 is 5.97 Å². The van der Waals surface area contributed by atoms with E-state index in [2.05, 4.69) is 4.74 Å². The van der Waals surface area contributed by atoms with Gasteiger partial charge in [0.05, 0.1) is 13.7 Å². The van der Waals surface area contributed by atoms with Crippen molar-refractivity contribution in [2.24, 2.45) is 0 Å². The number of carbonyl (C=O) groups excluding carboxylic acids is 1. The summed E-state index contributed by atoms with van der Waals surface area (Å²) in [4.78, 5) is 11.6. The molecule has 1 unspecified atom stereocenters. The smallest absolute Gasteiger partial charge is 0.342 e. The van der Waals surface area contributed by atoms with Crippen molar-refractivity contribution in [2.75, 3.05) is 13.7 Å². The second-order valence-electron chi connectivity index (χ2n) is 3.95. The van der Waals surface area contributed by atoms with Gasteiger partial charge in [0.1, 0.15) is 5.75 Å². The molecule has 0 saturated carbocycles. The number of rotatable bonds is 1. The first-order valence-corrected chi connectivity index (χ1v) is 5.12. The second kappa shape index (κ2) is 3.79. The van der Waals surface area contributed by atoms with E-state index in [0.29, 0.717) is 17.9 Å². The van der Waals surface area contributed by atoms with Crippen molar-refractivity contribution in [2.45, 2.75) is 18.9 Å². The maximum Gasteiger partial charge on any atom is 0.342 e. The Hall–Kier alpha value is -1.55. The topological polar surface area (TPSA) is 55.8 Å². The van der Waals surface area contributed by atoms with Crippen LogP contribution in [0.4, 0.5) is 0 Å². The molecule has 1 aliphatic rings. The van der Waals surface area contributed by atoms with Crippen LogP contribution in [0.3, 0.4) is 0 Å². The minimum absolute atomic E-state index is 0.218. The van der Waals surface area contributed by atoms with Gasteiger partial charge in [0.15, 0.2) is 5.60 Å². The summed E-state index contributed by atoms with van der Waals surface area (Å²) in [5.74, 6) is -0.0904. The largest absolute Gasteiger partial charge is 0.493 e. The Morgan fingerprint density at radius 3 is 3.00 bits per heavy atom. The molecule has 16 heavy (non-hydrogen) atoms. The lowest BCUT2D eigenvalue weighted by Crippen LogP contribution is -2.41. The SMILES string of the molecule is COC(=O)C1(O)CCOc2ccc(C)cc21. The van der Waals surface area contributed by atoms with Crippen LogP contribution in [0.2, 0.25) is 0 Å². The van der Waals surface area contributed by atoms with Crippen LogP contribution >= 0.6 is 0 Å². The molecule has 0 fully saturated rings. The van der Waals surface area contributed by atoms with E-state index in [0.717, 1.165) is 5.56 Å². The van der Waals surface area contributed by atoms with Crippen LogP contribution < -0.4 is 4.74 Å². The number of methoxy groups -OCH3 is 1. The van der Waals surface area contributed by atoms with Crippen molar-refractivity contribution in [1.82, 2.24) is 0 Å². The number of esters is 1. The van der Waals surface area contributed by atoms with Gasteiger partial charge < -0.3 is 14.6 Å². The third-order valence-corrected chi connectivity index (χ3v) is 2.83.